The zero-order chi connectivity index (χ0) is 14.7. The lowest BCUT2D eigenvalue weighted by atomic mass is 10.1. The molecule has 1 aromatic rings. The minimum absolute atomic E-state index is 0.367. The van der Waals surface area contributed by atoms with E-state index in [1.165, 1.54) is 0 Å². The fourth-order valence-electron chi connectivity index (χ4n) is 2.29. The molecule has 1 atom stereocenters. The van der Waals surface area contributed by atoms with Crippen molar-refractivity contribution in [1.29, 1.82) is 5.26 Å². The summed E-state index contributed by atoms with van der Waals surface area (Å²) in [5.41, 5.74) is 1.18. The number of hydrogen-bond donors (Lipinski definition) is 1. The summed E-state index contributed by atoms with van der Waals surface area (Å²) in [6, 6.07) is 6.57. The number of nitriles is 1. The maximum absolute atomic E-state index is 11.4. The first-order valence-corrected chi connectivity index (χ1v) is 7.13. The van der Waals surface area contributed by atoms with Crippen molar-refractivity contribution in [3.05, 3.63) is 28.8 Å². The second-order valence-electron chi connectivity index (χ2n) is 5.13. The highest BCUT2D eigenvalue weighted by molar-refractivity contribution is 6.32. The Labute approximate surface area is 123 Å². The van der Waals surface area contributed by atoms with Gasteiger partial charge in [-0.3, -0.25) is 0 Å². The van der Waals surface area contributed by atoms with Gasteiger partial charge in [0.1, 0.15) is 12.1 Å². The summed E-state index contributed by atoms with van der Waals surface area (Å²) in [6.45, 7) is 2.59. The molecule has 0 radical (unpaired) electrons. The van der Waals surface area contributed by atoms with E-state index in [4.69, 9.17) is 16.9 Å². The molecule has 1 aliphatic rings. The summed E-state index contributed by atoms with van der Waals surface area (Å²) >= 11 is 6.06. The Bertz CT molecular complexity index is 549. The van der Waals surface area contributed by atoms with Gasteiger partial charge in [-0.25, -0.2) is 4.79 Å². The van der Waals surface area contributed by atoms with E-state index in [0.29, 0.717) is 22.9 Å². The number of anilines is 1. The Morgan fingerprint density at radius 2 is 2.30 bits per heavy atom. The lowest BCUT2D eigenvalue weighted by molar-refractivity contribution is -0.138. The van der Waals surface area contributed by atoms with Crippen LogP contribution in [0.5, 0.6) is 0 Å². The molecule has 5 heteroatoms. The Morgan fingerprint density at radius 1 is 1.60 bits per heavy atom. The van der Waals surface area contributed by atoms with Gasteiger partial charge in [-0.1, -0.05) is 18.5 Å². The van der Waals surface area contributed by atoms with Gasteiger partial charge in [0, 0.05) is 12.2 Å². The van der Waals surface area contributed by atoms with Crippen LogP contribution in [0.4, 0.5) is 5.69 Å². The number of hydrogen-bond acceptors (Lipinski definition) is 3. The second-order valence-corrected chi connectivity index (χ2v) is 5.54. The summed E-state index contributed by atoms with van der Waals surface area (Å²) in [6.07, 6.45) is 2.83. The Hall–Kier alpha value is -1.73. The van der Waals surface area contributed by atoms with Gasteiger partial charge in [0.25, 0.3) is 0 Å². The van der Waals surface area contributed by atoms with Gasteiger partial charge in [0.15, 0.2) is 0 Å². The van der Waals surface area contributed by atoms with Crippen LogP contribution in [0.3, 0.4) is 0 Å². The average molecular weight is 293 g/mol. The second kappa shape index (κ2) is 6.15. The third-order valence-corrected chi connectivity index (χ3v) is 3.92. The summed E-state index contributed by atoms with van der Waals surface area (Å²) in [5, 5.41) is 18.7. The first-order chi connectivity index (χ1) is 9.56. The number of rotatable bonds is 6. The van der Waals surface area contributed by atoms with Crippen LogP contribution in [-0.2, 0) is 4.79 Å². The summed E-state index contributed by atoms with van der Waals surface area (Å²) in [7, 11) is 0. The normalized spacial score (nSPS) is 15.4. The molecule has 4 nitrogen and oxygen atoms in total. The molecule has 1 aliphatic carbocycles. The molecule has 1 unspecified atom stereocenters. The Morgan fingerprint density at radius 3 is 2.75 bits per heavy atom. The molecule has 20 heavy (non-hydrogen) atoms. The first-order valence-electron chi connectivity index (χ1n) is 6.76. The maximum Gasteiger partial charge on any atom is 0.326 e. The molecular weight excluding hydrogens is 276 g/mol. The molecule has 1 aromatic carbocycles. The standard InChI is InChI=1S/C15H17ClN2O2/c1-2-14(15(19)20)18(9-10-3-4-10)12-6-5-11(8-17)13(16)7-12/h5-7,10,14H,2-4,9H2,1H3,(H,19,20). The van der Waals surface area contributed by atoms with E-state index < -0.39 is 12.0 Å². The number of benzene rings is 1. The van der Waals surface area contributed by atoms with Gasteiger partial charge < -0.3 is 10.0 Å². The van der Waals surface area contributed by atoms with Crippen molar-refractivity contribution in [3.8, 4) is 6.07 Å². The number of halogens is 1. The Balaban J connectivity index is 2.32. The molecule has 106 valence electrons. The number of aliphatic carboxylic acids is 1. The van der Waals surface area contributed by atoms with Crippen molar-refractivity contribution < 1.29 is 9.90 Å². The first kappa shape index (κ1) is 14.7. The molecule has 0 bridgehead atoms. The van der Waals surface area contributed by atoms with E-state index >= 15 is 0 Å². The molecule has 0 spiro atoms. The van der Waals surface area contributed by atoms with E-state index in [1.54, 1.807) is 18.2 Å². The maximum atomic E-state index is 11.4. The molecule has 0 aliphatic heterocycles. The molecule has 0 saturated heterocycles. The largest absolute Gasteiger partial charge is 0.480 e. The predicted octanol–water partition coefficient (Wildman–Crippen LogP) is 3.29. The molecule has 0 aromatic heterocycles. The monoisotopic (exact) mass is 292 g/mol. The van der Waals surface area contributed by atoms with E-state index in [2.05, 4.69) is 0 Å². The molecule has 1 saturated carbocycles. The highest BCUT2D eigenvalue weighted by Gasteiger charge is 2.31. The molecule has 1 N–H and O–H groups in total. The number of nitrogens with zero attached hydrogens (tertiary/aromatic N) is 2. The third kappa shape index (κ3) is 3.23. The molecular formula is C15H17ClN2O2. The van der Waals surface area contributed by atoms with E-state index in [9.17, 15) is 9.90 Å². The molecule has 0 amide bonds. The molecule has 1 fully saturated rings. The van der Waals surface area contributed by atoms with Gasteiger partial charge >= 0.3 is 5.97 Å². The van der Waals surface area contributed by atoms with Gasteiger partial charge in [0.05, 0.1) is 10.6 Å². The zero-order valence-electron chi connectivity index (χ0n) is 11.3. The van der Waals surface area contributed by atoms with Crippen LogP contribution < -0.4 is 4.90 Å². The highest BCUT2D eigenvalue weighted by atomic mass is 35.5. The smallest absolute Gasteiger partial charge is 0.326 e. The summed E-state index contributed by atoms with van der Waals surface area (Å²) in [4.78, 5) is 13.3. The SMILES string of the molecule is CCC(C(=O)O)N(CC1CC1)c1ccc(C#N)c(Cl)c1. The van der Waals surface area contributed by atoms with E-state index in [1.807, 2.05) is 17.9 Å². The topological polar surface area (TPSA) is 64.3 Å². The van der Waals surface area contributed by atoms with Crippen molar-refractivity contribution >= 4 is 23.3 Å². The van der Waals surface area contributed by atoms with Crippen molar-refractivity contribution in [2.24, 2.45) is 5.92 Å². The Kier molecular flexibility index (Phi) is 4.51. The highest BCUT2D eigenvalue weighted by Crippen LogP contribution is 2.34. The zero-order valence-corrected chi connectivity index (χ0v) is 12.1. The van der Waals surface area contributed by atoms with Crippen LogP contribution in [0.2, 0.25) is 5.02 Å². The van der Waals surface area contributed by atoms with Crippen molar-refractivity contribution in [2.75, 3.05) is 11.4 Å². The van der Waals surface area contributed by atoms with Gasteiger partial charge in [-0.15, -0.1) is 0 Å². The predicted molar refractivity (Wildman–Crippen MR) is 78.0 cm³/mol. The summed E-state index contributed by atoms with van der Waals surface area (Å²) < 4.78 is 0. The van der Waals surface area contributed by atoms with Gasteiger partial charge in [0.2, 0.25) is 0 Å². The van der Waals surface area contributed by atoms with Gasteiger partial charge in [-0.05, 0) is 43.4 Å². The van der Waals surface area contributed by atoms with Gasteiger partial charge in [-0.2, -0.15) is 5.26 Å². The average Bonchev–Trinajstić information content (AvgIpc) is 3.22. The molecule has 0 heterocycles. The van der Waals surface area contributed by atoms with Crippen molar-refractivity contribution in [2.45, 2.75) is 32.2 Å². The lowest BCUT2D eigenvalue weighted by Gasteiger charge is -2.30. The van der Waals surface area contributed by atoms with Crippen LogP contribution in [0, 0.1) is 17.2 Å². The fraction of sp³-hybridized carbons (Fsp3) is 0.467. The fourth-order valence-corrected chi connectivity index (χ4v) is 2.51. The van der Waals surface area contributed by atoms with Crippen molar-refractivity contribution in [1.82, 2.24) is 0 Å². The molecule has 2 rings (SSSR count). The number of carboxylic acid groups (broad SMARTS) is 1. The van der Waals surface area contributed by atoms with E-state index in [0.717, 1.165) is 25.1 Å². The van der Waals surface area contributed by atoms with Crippen LogP contribution in [0.15, 0.2) is 18.2 Å². The van der Waals surface area contributed by atoms with Crippen LogP contribution >= 0.6 is 11.6 Å². The summed E-state index contributed by atoms with van der Waals surface area (Å²) in [5.74, 6) is -0.258. The van der Waals surface area contributed by atoms with Crippen LogP contribution in [0.25, 0.3) is 0 Å². The number of carboxylic acids is 1. The van der Waals surface area contributed by atoms with Crippen LogP contribution in [0.1, 0.15) is 31.7 Å². The lowest BCUT2D eigenvalue weighted by Crippen LogP contribution is -2.42. The minimum Gasteiger partial charge on any atom is -0.480 e. The number of carbonyl (C=O) groups is 1. The third-order valence-electron chi connectivity index (χ3n) is 3.60. The minimum atomic E-state index is -0.825. The van der Waals surface area contributed by atoms with Crippen LogP contribution in [-0.4, -0.2) is 23.7 Å². The quantitative estimate of drug-likeness (QED) is 0.874. The van der Waals surface area contributed by atoms with Crippen molar-refractivity contribution in [3.63, 3.8) is 0 Å². The van der Waals surface area contributed by atoms with E-state index in [-0.39, 0.29) is 0 Å².